The van der Waals surface area contributed by atoms with Gasteiger partial charge in [-0.15, -0.1) is 11.3 Å². The van der Waals surface area contributed by atoms with E-state index in [4.69, 9.17) is 9.72 Å². The summed E-state index contributed by atoms with van der Waals surface area (Å²) in [6.07, 6.45) is 7.19. The summed E-state index contributed by atoms with van der Waals surface area (Å²) in [4.78, 5) is 28.1. The summed E-state index contributed by atoms with van der Waals surface area (Å²) in [6, 6.07) is 7.92. The first-order chi connectivity index (χ1) is 16.0. The minimum absolute atomic E-state index is 0.0792. The molecule has 2 heterocycles. The number of anilines is 1. The Morgan fingerprint density at radius 2 is 1.91 bits per heavy atom. The molecule has 0 amide bonds. The van der Waals surface area contributed by atoms with E-state index in [-0.39, 0.29) is 5.56 Å². The van der Waals surface area contributed by atoms with Crippen LogP contribution in [0, 0.1) is 0 Å². The number of aryl methyl sites for hydroxylation is 4. The molecule has 8 heteroatoms. The molecule has 178 valence electrons. The van der Waals surface area contributed by atoms with Gasteiger partial charge in [0, 0.05) is 29.7 Å². The Kier molecular flexibility index (Phi) is 9.45. The van der Waals surface area contributed by atoms with Crippen molar-refractivity contribution in [2.24, 2.45) is 0 Å². The molecule has 2 aromatic heterocycles. The van der Waals surface area contributed by atoms with E-state index < -0.39 is 0 Å². The maximum Gasteiger partial charge on any atom is 0.255 e. The van der Waals surface area contributed by atoms with Crippen LogP contribution >= 0.6 is 11.3 Å². The number of nitrogens with zero attached hydrogens (tertiary/aromatic N) is 3. The van der Waals surface area contributed by atoms with Gasteiger partial charge in [0.15, 0.2) is 0 Å². The van der Waals surface area contributed by atoms with Crippen molar-refractivity contribution in [3.05, 3.63) is 67.5 Å². The molecular weight excluding hydrogens is 434 g/mol. The quantitative estimate of drug-likeness (QED) is 0.367. The van der Waals surface area contributed by atoms with Crippen LogP contribution in [0.15, 0.2) is 35.3 Å². The molecule has 0 saturated heterocycles. The first-order valence-electron chi connectivity index (χ1n) is 11.6. The van der Waals surface area contributed by atoms with Gasteiger partial charge in [-0.2, -0.15) is 0 Å². The third-order valence-corrected chi connectivity index (χ3v) is 6.67. The van der Waals surface area contributed by atoms with Gasteiger partial charge in [-0.1, -0.05) is 19.1 Å². The molecule has 3 rings (SSSR count). The maximum atomic E-state index is 12.4. The van der Waals surface area contributed by atoms with Crippen molar-refractivity contribution < 1.29 is 4.74 Å². The second kappa shape index (κ2) is 12.5. The van der Waals surface area contributed by atoms with Crippen molar-refractivity contribution in [2.75, 3.05) is 33.1 Å². The topological polar surface area (TPSA) is 83.1 Å². The van der Waals surface area contributed by atoms with Gasteiger partial charge in [0.25, 0.3) is 5.56 Å². The standard InChI is InChI=1S/C25H35N5O2S/c1-5-22-21(28-23(33-22)17-30(2)3)8-6-7-15-26-25-27-16-19(24(31)29-25)12-9-18-10-13-20(32-4)14-11-18/h10-11,13-14,16H,5-9,12,15,17H2,1-4H3,(H2,26,27,29,31). The number of methoxy groups -OCH3 is 1. The van der Waals surface area contributed by atoms with Gasteiger partial charge in [-0.05, 0) is 70.3 Å². The molecule has 0 radical (unpaired) electrons. The highest BCUT2D eigenvalue weighted by atomic mass is 32.1. The average Bonchev–Trinajstić information content (AvgIpc) is 3.19. The van der Waals surface area contributed by atoms with Crippen LogP contribution in [0.2, 0.25) is 0 Å². The highest BCUT2D eigenvalue weighted by Gasteiger charge is 2.10. The van der Waals surface area contributed by atoms with E-state index in [2.05, 4.69) is 41.2 Å². The Hall–Kier alpha value is -2.71. The Labute approximate surface area is 200 Å². The van der Waals surface area contributed by atoms with Gasteiger partial charge in [0.05, 0.1) is 12.8 Å². The maximum absolute atomic E-state index is 12.4. The first-order valence-corrected chi connectivity index (χ1v) is 12.4. The third-order valence-electron chi connectivity index (χ3n) is 5.44. The van der Waals surface area contributed by atoms with Crippen LogP contribution in [0.25, 0.3) is 0 Å². The highest BCUT2D eigenvalue weighted by molar-refractivity contribution is 7.11. The second-order valence-electron chi connectivity index (χ2n) is 8.39. The Balaban J connectivity index is 1.42. The van der Waals surface area contributed by atoms with Crippen LogP contribution < -0.4 is 15.6 Å². The van der Waals surface area contributed by atoms with E-state index in [1.807, 2.05) is 35.6 Å². The summed E-state index contributed by atoms with van der Waals surface area (Å²) in [5.41, 5.74) is 3.02. The fourth-order valence-corrected chi connectivity index (χ4v) is 4.80. The molecule has 1 aromatic carbocycles. The largest absolute Gasteiger partial charge is 0.497 e. The summed E-state index contributed by atoms with van der Waals surface area (Å²) < 4.78 is 5.18. The molecule has 0 atom stereocenters. The van der Waals surface area contributed by atoms with Crippen molar-refractivity contribution in [1.29, 1.82) is 0 Å². The molecule has 7 nitrogen and oxygen atoms in total. The Morgan fingerprint density at radius 1 is 1.12 bits per heavy atom. The Morgan fingerprint density at radius 3 is 2.58 bits per heavy atom. The number of aromatic amines is 1. The monoisotopic (exact) mass is 469 g/mol. The lowest BCUT2D eigenvalue weighted by Crippen LogP contribution is -2.18. The zero-order chi connectivity index (χ0) is 23.6. The van der Waals surface area contributed by atoms with Crippen LogP contribution in [0.5, 0.6) is 5.75 Å². The second-order valence-corrected chi connectivity index (χ2v) is 9.56. The number of rotatable bonds is 13. The average molecular weight is 470 g/mol. The van der Waals surface area contributed by atoms with E-state index in [9.17, 15) is 4.79 Å². The van der Waals surface area contributed by atoms with E-state index >= 15 is 0 Å². The molecule has 3 aromatic rings. The van der Waals surface area contributed by atoms with Crippen molar-refractivity contribution in [2.45, 2.75) is 52.0 Å². The predicted molar refractivity (Wildman–Crippen MR) is 136 cm³/mol. The number of thiazole rings is 1. The molecule has 33 heavy (non-hydrogen) atoms. The van der Waals surface area contributed by atoms with Gasteiger partial charge in [0.2, 0.25) is 5.95 Å². The number of benzene rings is 1. The molecule has 0 aliphatic carbocycles. The lowest BCUT2D eigenvalue weighted by Gasteiger charge is -2.07. The fourth-order valence-electron chi connectivity index (χ4n) is 3.63. The molecule has 2 N–H and O–H groups in total. The summed E-state index contributed by atoms with van der Waals surface area (Å²) >= 11 is 1.83. The van der Waals surface area contributed by atoms with Gasteiger partial charge < -0.3 is 15.0 Å². The smallest absolute Gasteiger partial charge is 0.255 e. The van der Waals surface area contributed by atoms with Crippen LogP contribution in [0.3, 0.4) is 0 Å². The number of ether oxygens (including phenoxy) is 1. The normalized spacial score (nSPS) is 11.2. The van der Waals surface area contributed by atoms with Crippen molar-refractivity contribution in [3.8, 4) is 5.75 Å². The number of hydrogen-bond donors (Lipinski definition) is 2. The van der Waals surface area contributed by atoms with Gasteiger partial charge in [-0.25, -0.2) is 9.97 Å². The highest BCUT2D eigenvalue weighted by Crippen LogP contribution is 2.22. The molecule has 0 saturated carbocycles. The Bertz CT molecular complexity index is 1060. The number of unbranched alkanes of at least 4 members (excludes halogenated alkanes) is 1. The number of H-pyrrole nitrogens is 1. The van der Waals surface area contributed by atoms with Crippen molar-refractivity contribution >= 4 is 17.3 Å². The minimum atomic E-state index is -0.0792. The summed E-state index contributed by atoms with van der Waals surface area (Å²) in [6.45, 7) is 3.86. The van der Waals surface area contributed by atoms with E-state index in [0.29, 0.717) is 17.9 Å². The van der Waals surface area contributed by atoms with Crippen LogP contribution in [-0.4, -0.2) is 47.6 Å². The van der Waals surface area contributed by atoms with E-state index in [0.717, 1.165) is 56.5 Å². The molecular formula is C25H35N5O2S. The van der Waals surface area contributed by atoms with Gasteiger partial charge in [-0.3, -0.25) is 9.78 Å². The molecule has 0 bridgehead atoms. The fraction of sp³-hybridized carbons (Fsp3) is 0.480. The minimum Gasteiger partial charge on any atom is -0.497 e. The first kappa shape index (κ1) is 24.9. The molecule has 0 unspecified atom stereocenters. The third kappa shape index (κ3) is 7.68. The van der Waals surface area contributed by atoms with E-state index in [1.165, 1.54) is 15.6 Å². The zero-order valence-corrected chi connectivity index (χ0v) is 20.9. The van der Waals surface area contributed by atoms with Gasteiger partial charge in [0.1, 0.15) is 10.8 Å². The number of hydrogen-bond acceptors (Lipinski definition) is 7. The van der Waals surface area contributed by atoms with Crippen molar-refractivity contribution in [3.63, 3.8) is 0 Å². The summed E-state index contributed by atoms with van der Waals surface area (Å²) in [7, 11) is 5.80. The lowest BCUT2D eigenvalue weighted by molar-refractivity contribution is 0.401. The summed E-state index contributed by atoms with van der Waals surface area (Å²) in [5.74, 6) is 1.37. The number of aromatic nitrogens is 3. The van der Waals surface area contributed by atoms with Gasteiger partial charge >= 0.3 is 0 Å². The van der Waals surface area contributed by atoms with Crippen LogP contribution in [0.4, 0.5) is 5.95 Å². The SMILES string of the molecule is CCc1sc(CN(C)C)nc1CCCCNc1ncc(CCc2ccc(OC)cc2)c(=O)[nH]1. The molecule has 0 aliphatic heterocycles. The van der Waals surface area contributed by atoms with Crippen LogP contribution in [0.1, 0.15) is 46.5 Å². The molecule has 0 spiro atoms. The lowest BCUT2D eigenvalue weighted by atomic mass is 10.1. The van der Waals surface area contributed by atoms with Crippen molar-refractivity contribution in [1.82, 2.24) is 19.9 Å². The van der Waals surface area contributed by atoms with Crippen LogP contribution in [-0.2, 0) is 32.2 Å². The van der Waals surface area contributed by atoms with E-state index in [1.54, 1.807) is 13.3 Å². The zero-order valence-electron chi connectivity index (χ0n) is 20.1. The molecule has 0 aliphatic rings. The summed E-state index contributed by atoms with van der Waals surface area (Å²) in [5, 5.41) is 4.43. The number of nitrogens with one attached hydrogen (secondary N) is 2. The predicted octanol–water partition coefficient (Wildman–Crippen LogP) is 4.08. The molecule has 0 fully saturated rings.